The SMILES string of the molecule is CSC(C)CCNC(=O)Nc1c(Cl)cc(C(=O)O)cc1Cl. The Morgan fingerprint density at radius 1 is 1.33 bits per heavy atom. The van der Waals surface area contributed by atoms with Crippen LogP contribution in [-0.2, 0) is 0 Å². The minimum absolute atomic E-state index is 0.0373. The first-order valence-corrected chi connectivity index (χ1v) is 8.19. The minimum Gasteiger partial charge on any atom is -0.478 e. The molecule has 1 aromatic carbocycles. The Labute approximate surface area is 137 Å². The molecule has 0 aliphatic rings. The zero-order chi connectivity index (χ0) is 16.0. The van der Waals surface area contributed by atoms with Gasteiger partial charge in [-0.3, -0.25) is 0 Å². The maximum Gasteiger partial charge on any atom is 0.335 e. The van der Waals surface area contributed by atoms with Gasteiger partial charge in [-0.05, 0) is 24.8 Å². The van der Waals surface area contributed by atoms with Crippen molar-refractivity contribution in [2.24, 2.45) is 0 Å². The summed E-state index contributed by atoms with van der Waals surface area (Å²) in [4.78, 5) is 22.6. The molecule has 5 nitrogen and oxygen atoms in total. The molecule has 0 saturated carbocycles. The molecule has 0 aromatic heterocycles. The van der Waals surface area contributed by atoms with Crippen LogP contribution in [0, 0.1) is 0 Å². The summed E-state index contributed by atoms with van der Waals surface area (Å²) < 4.78 is 0. The van der Waals surface area contributed by atoms with Gasteiger partial charge in [-0.2, -0.15) is 11.8 Å². The van der Waals surface area contributed by atoms with Crippen molar-refractivity contribution in [2.45, 2.75) is 18.6 Å². The fourth-order valence-electron chi connectivity index (χ4n) is 1.48. The number of halogens is 2. The zero-order valence-electron chi connectivity index (χ0n) is 11.6. The molecule has 116 valence electrons. The second kappa shape index (κ2) is 8.36. The van der Waals surface area contributed by atoms with E-state index in [4.69, 9.17) is 28.3 Å². The number of carboxylic acid groups (broad SMARTS) is 1. The summed E-state index contributed by atoms with van der Waals surface area (Å²) in [6, 6.07) is 2.04. The van der Waals surface area contributed by atoms with Crippen molar-refractivity contribution in [3.63, 3.8) is 0 Å². The average molecular weight is 351 g/mol. The van der Waals surface area contributed by atoms with Crippen LogP contribution in [0.25, 0.3) is 0 Å². The second-order valence-electron chi connectivity index (χ2n) is 4.34. The molecule has 2 amide bonds. The van der Waals surface area contributed by atoms with E-state index in [1.54, 1.807) is 11.8 Å². The number of thioether (sulfide) groups is 1. The maximum absolute atomic E-state index is 11.7. The molecule has 8 heteroatoms. The molecule has 0 aliphatic carbocycles. The number of hydrogen-bond acceptors (Lipinski definition) is 3. The molecule has 3 N–H and O–H groups in total. The molecule has 0 bridgehead atoms. The van der Waals surface area contributed by atoms with Crippen molar-refractivity contribution >= 4 is 52.7 Å². The van der Waals surface area contributed by atoms with Gasteiger partial charge >= 0.3 is 12.0 Å². The van der Waals surface area contributed by atoms with Gasteiger partial charge in [0.1, 0.15) is 0 Å². The Balaban J connectivity index is 2.66. The van der Waals surface area contributed by atoms with Crippen LogP contribution >= 0.6 is 35.0 Å². The van der Waals surface area contributed by atoms with Crippen LogP contribution in [-0.4, -0.2) is 35.2 Å². The van der Waals surface area contributed by atoms with Crippen molar-refractivity contribution in [1.82, 2.24) is 5.32 Å². The van der Waals surface area contributed by atoms with E-state index in [-0.39, 0.29) is 21.3 Å². The number of rotatable bonds is 6. The highest BCUT2D eigenvalue weighted by molar-refractivity contribution is 7.99. The molecule has 0 fully saturated rings. The van der Waals surface area contributed by atoms with Crippen molar-refractivity contribution in [2.75, 3.05) is 18.1 Å². The molecule has 0 radical (unpaired) electrons. The summed E-state index contributed by atoms with van der Waals surface area (Å²) in [5.41, 5.74) is 0.156. The lowest BCUT2D eigenvalue weighted by atomic mass is 10.2. The van der Waals surface area contributed by atoms with Gasteiger partial charge in [0, 0.05) is 11.8 Å². The highest BCUT2D eigenvalue weighted by atomic mass is 35.5. The molecule has 1 atom stereocenters. The van der Waals surface area contributed by atoms with Crippen LogP contribution in [0.1, 0.15) is 23.7 Å². The molecule has 1 rings (SSSR count). The fourth-order valence-corrected chi connectivity index (χ4v) is 2.42. The van der Waals surface area contributed by atoms with Crippen molar-refractivity contribution < 1.29 is 14.7 Å². The van der Waals surface area contributed by atoms with Gasteiger partial charge in [0.2, 0.25) is 0 Å². The predicted octanol–water partition coefficient (Wildman–Crippen LogP) is 3.95. The van der Waals surface area contributed by atoms with Crippen molar-refractivity contribution in [3.05, 3.63) is 27.7 Å². The van der Waals surface area contributed by atoms with Crippen LogP contribution < -0.4 is 10.6 Å². The van der Waals surface area contributed by atoms with Crippen LogP contribution in [0.5, 0.6) is 0 Å². The molecule has 1 unspecified atom stereocenters. The first-order chi connectivity index (χ1) is 9.85. The molecule has 1 aromatic rings. The van der Waals surface area contributed by atoms with Crippen LogP contribution in [0.15, 0.2) is 12.1 Å². The predicted molar refractivity (Wildman–Crippen MR) is 88.0 cm³/mol. The molecule has 21 heavy (non-hydrogen) atoms. The van der Waals surface area contributed by atoms with Crippen LogP contribution in [0.2, 0.25) is 10.0 Å². The highest BCUT2D eigenvalue weighted by Crippen LogP contribution is 2.31. The summed E-state index contributed by atoms with van der Waals surface area (Å²) in [5.74, 6) is -1.14. The number of amides is 2. The fraction of sp³-hybridized carbons (Fsp3) is 0.385. The molecular formula is C13H16Cl2N2O3S. The molecule has 0 heterocycles. The molecule has 0 saturated heterocycles. The Kier molecular flexibility index (Phi) is 7.14. The van der Waals surface area contributed by atoms with E-state index in [2.05, 4.69) is 17.6 Å². The van der Waals surface area contributed by atoms with Gasteiger partial charge in [-0.25, -0.2) is 9.59 Å². The molecule has 0 spiro atoms. The first kappa shape index (κ1) is 17.9. The number of carbonyl (C=O) groups excluding carboxylic acids is 1. The third-order valence-electron chi connectivity index (χ3n) is 2.77. The van der Waals surface area contributed by atoms with Gasteiger partial charge in [0.15, 0.2) is 0 Å². The summed E-state index contributed by atoms with van der Waals surface area (Å²) in [6.07, 6.45) is 2.85. The lowest BCUT2D eigenvalue weighted by Crippen LogP contribution is -2.30. The van der Waals surface area contributed by atoms with E-state index in [0.717, 1.165) is 6.42 Å². The number of benzene rings is 1. The van der Waals surface area contributed by atoms with Crippen LogP contribution in [0.3, 0.4) is 0 Å². The number of carbonyl (C=O) groups is 2. The van der Waals surface area contributed by atoms with Crippen LogP contribution in [0.4, 0.5) is 10.5 Å². The number of nitrogens with one attached hydrogen (secondary N) is 2. The van der Waals surface area contributed by atoms with Crippen molar-refractivity contribution in [3.8, 4) is 0 Å². The van der Waals surface area contributed by atoms with Crippen molar-refractivity contribution in [1.29, 1.82) is 0 Å². The standard InChI is InChI=1S/C13H16Cl2N2O3S/c1-7(21-2)3-4-16-13(20)17-11-9(14)5-8(12(18)19)6-10(11)15/h5-7H,3-4H2,1-2H3,(H,18,19)(H2,16,17,20). The van der Waals surface area contributed by atoms with E-state index in [0.29, 0.717) is 11.8 Å². The van der Waals surface area contributed by atoms with E-state index >= 15 is 0 Å². The summed E-state index contributed by atoms with van der Waals surface area (Å²) in [7, 11) is 0. The smallest absolute Gasteiger partial charge is 0.335 e. The second-order valence-corrected chi connectivity index (χ2v) is 6.43. The number of carboxylic acids is 1. The number of hydrogen-bond donors (Lipinski definition) is 3. The zero-order valence-corrected chi connectivity index (χ0v) is 13.9. The lowest BCUT2D eigenvalue weighted by molar-refractivity contribution is 0.0697. The number of urea groups is 1. The quantitative estimate of drug-likeness (QED) is 0.725. The van der Waals surface area contributed by atoms with Gasteiger partial charge in [-0.15, -0.1) is 0 Å². The third-order valence-corrected chi connectivity index (χ3v) is 4.40. The first-order valence-electron chi connectivity index (χ1n) is 6.15. The average Bonchev–Trinajstić information content (AvgIpc) is 2.42. The molecular weight excluding hydrogens is 335 g/mol. The summed E-state index contributed by atoms with van der Waals surface area (Å²) >= 11 is 13.6. The van der Waals surface area contributed by atoms with E-state index in [9.17, 15) is 9.59 Å². The Hall–Kier alpha value is -1.11. The Morgan fingerprint density at radius 3 is 2.38 bits per heavy atom. The molecule has 0 aliphatic heterocycles. The van der Waals surface area contributed by atoms with Gasteiger partial charge in [-0.1, -0.05) is 30.1 Å². The third kappa shape index (κ3) is 5.65. The van der Waals surface area contributed by atoms with E-state index in [1.807, 2.05) is 6.26 Å². The summed E-state index contributed by atoms with van der Waals surface area (Å²) in [6.45, 7) is 2.60. The van der Waals surface area contributed by atoms with E-state index < -0.39 is 12.0 Å². The van der Waals surface area contributed by atoms with E-state index in [1.165, 1.54) is 12.1 Å². The largest absolute Gasteiger partial charge is 0.478 e. The van der Waals surface area contributed by atoms with Gasteiger partial charge in [0.25, 0.3) is 0 Å². The summed E-state index contributed by atoms with van der Waals surface area (Å²) in [5, 5.41) is 14.7. The normalized spacial score (nSPS) is 11.8. The Bertz CT molecular complexity index is 517. The Morgan fingerprint density at radius 2 is 1.90 bits per heavy atom. The maximum atomic E-state index is 11.7. The van der Waals surface area contributed by atoms with Gasteiger partial charge < -0.3 is 15.7 Å². The monoisotopic (exact) mass is 350 g/mol. The topological polar surface area (TPSA) is 78.4 Å². The number of anilines is 1. The van der Waals surface area contributed by atoms with Gasteiger partial charge in [0.05, 0.1) is 21.3 Å². The lowest BCUT2D eigenvalue weighted by Gasteiger charge is -2.12. The minimum atomic E-state index is -1.14. The highest BCUT2D eigenvalue weighted by Gasteiger charge is 2.14. The number of aromatic carboxylic acids is 1.